The van der Waals surface area contributed by atoms with Crippen molar-refractivity contribution in [2.75, 3.05) is 4.90 Å². The van der Waals surface area contributed by atoms with Crippen molar-refractivity contribution < 1.29 is 19.8 Å². The number of aliphatic hydroxyl groups excluding tert-OH is 1. The van der Waals surface area contributed by atoms with Crippen molar-refractivity contribution in [3.05, 3.63) is 107 Å². The molecule has 0 spiro atoms. The van der Waals surface area contributed by atoms with Crippen LogP contribution in [0.25, 0.3) is 11.4 Å². The fourth-order valence-corrected chi connectivity index (χ4v) is 6.47. The van der Waals surface area contributed by atoms with Crippen LogP contribution >= 0.6 is 23.1 Å². The summed E-state index contributed by atoms with van der Waals surface area (Å²) in [5, 5.41) is 30.5. The van der Waals surface area contributed by atoms with Crippen molar-refractivity contribution in [2.45, 2.75) is 23.1 Å². The van der Waals surface area contributed by atoms with Crippen LogP contribution in [0.1, 0.15) is 28.6 Å². The quantitative estimate of drug-likeness (QED) is 0.0974. The van der Waals surface area contributed by atoms with Crippen LogP contribution in [0, 0.1) is 6.92 Å². The third kappa shape index (κ3) is 4.45. The first-order valence-corrected chi connectivity index (χ1v) is 13.8. The molecule has 0 radical (unpaired) electrons. The number of hydrogen-bond donors (Lipinski definition) is 2. The minimum absolute atomic E-state index is 0.0413. The summed E-state index contributed by atoms with van der Waals surface area (Å²) in [7, 11) is 0. The second kappa shape index (κ2) is 10.0. The molecule has 6 rings (SSSR count). The number of ketones is 1. The summed E-state index contributed by atoms with van der Waals surface area (Å²) in [4.78, 5) is 32.7. The second-order valence-corrected chi connectivity index (χ2v) is 11.0. The Morgan fingerprint density at radius 1 is 1.03 bits per heavy atom. The van der Waals surface area contributed by atoms with E-state index < -0.39 is 17.7 Å². The highest BCUT2D eigenvalue weighted by molar-refractivity contribution is 8.00. The number of amides is 1. The molecule has 1 amide bonds. The fraction of sp³-hybridized carbons (Fsp3) is 0.107. The number of phenols is 1. The molecule has 194 valence electrons. The van der Waals surface area contributed by atoms with E-state index in [2.05, 4.69) is 15.2 Å². The summed E-state index contributed by atoms with van der Waals surface area (Å²) in [5.74, 6) is -1.44. The van der Waals surface area contributed by atoms with Crippen molar-refractivity contribution in [1.82, 2.24) is 19.6 Å². The number of thioether (sulfide) groups is 1. The minimum Gasteiger partial charge on any atom is -0.508 e. The first-order valence-electron chi connectivity index (χ1n) is 12.0. The SMILES string of the molecule is Cc1nc2ccccn2c1C(O)=C1C(=O)C(=O)N(c2nnc(SCc3ccccc3)s2)C1c1cccc(O)c1. The average Bonchev–Trinajstić information content (AvgIpc) is 3.61. The number of phenolic OH excluding ortho intramolecular Hbond substituents is 1. The van der Waals surface area contributed by atoms with Crippen molar-refractivity contribution in [2.24, 2.45) is 0 Å². The molecule has 9 nitrogen and oxygen atoms in total. The van der Waals surface area contributed by atoms with Gasteiger partial charge in [0, 0.05) is 11.9 Å². The smallest absolute Gasteiger partial charge is 0.301 e. The minimum atomic E-state index is -1.04. The maximum absolute atomic E-state index is 13.5. The van der Waals surface area contributed by atoms with E-state index >= 15 is 0 Å². The van der Waals surface area contributed by atoms with Crippen LogP contribution in [0.3, 0.4) is 0 Å². The summed E-state index contributed by atoms with van der Waals surface area (Å²) in [6, 6.07) is 20.5. The Kier molecular flexibility index (Phi) is 6.37. The number of hydrogen-bond acceptors (Lipinski definition) is 9. The number of fused-ring (bicyclic) bond motifs is 1. The van der Waals surface area contributed by atoms with Gasteiger partial charge in [0.1, 0.15) is 17.1 Å². The topological polar surface area (TPSA) is 121 Å². The van der Waals surface area contributed by atoms with E-state index in [1.54, 1.807) is 41.8 Å². The lowest BCUT2D eigenvalue weighted by atomic mass is 9.96. The Labute approximate surface area is 231 Å². The number of pyridine rings is 1. The lowest BCUT2D eigenvalue weighted by molar-refractivity contribution is -0.132. The summed E-state index contributed by atoms with van der Waals surface area (Å²) >= 11 is 2.66. The number of aliphatic hydroxyl groups is 1. The highest BCUT2D eigenvalue weighted by Gasteiger charge is 2.49. The first-order chi connectivity index (χ1) is 18.9. The molecule has 1 aliphatic heterocycles. The lowest BCUT2D eigenvalue weighted by Crippen LogP contribution is -2.29. The zero-order valence-electron chi connectivity index (χ0n) is 20.6. The number of carbonyl (C=O) groups excluding carboxylic acids is 2. The summed E-state index contributed by atoms with van der Waals surface area (Å²) in [6.45, 7) is 1.72. The van der Waals surface area contributed by atoms with Crippen LogP contribution in [0.2, 0.25) is 0 Å². The van der Waals surface area contributed by atoms with Gasteiger partial charge >= 0.3 is 5.91 Å². The van der Waals surface area contributed by atoms with Gasteiger partial charge in [0.05, 0.1) is 17.3 Å². The number of imidazole rings is 1. The van der Waals surface area contributed by atoms with Gasteiger partial charge < -0.3 is 10.2 Å². The lowest BCUT2D eigenvalue weighted by Gasteiger charge is -2.22. The van der Waals surface area contributed by atoms with Gasteiger partial charge in [0.15, 0.2) is 10.1 Å². The van der Waals surface area contributed by atoms with Gasteiger partial charge in [-0.05, 0) is 42.3 Å². The Morgan fingerprint density at radius 2 is 1.82 bits per heavy atom. The summed E-state index contributed by atoms with van der Waals surface area (Å²) in [5.41, 5.74) is 2.83. The second-order valence-electron chi connectivity index (χ2n) is 8.86. The molecule has 11 heteroatoms. The highest BCUT2D eigenvalue weighted by Crippen LogP contribution is 2.44. The van der Waals surface area contributed by atoms with Gasteiger partial charge in [0.25, 0.3) is 5.78 Å². The number of aryl methyl sites for hydroxylation is 1. The van der Waals surface area contributed by atoms with E-state index in [4.69, 9.17) is 0 Å². The molecule has 2 aromatic carbocycles. The van der Waals surface area contributed by atoms with Crippen LogP contribution in [-0.4, -0.2) is 41.5 Å². The molecule has 1 saturated heterocycles. The van der Waals surface area contributed by atoms with Crippen LogP contribution in [0.4, 0.5) is 5.13 Å². The molecular formula is C28H21N5O4S2. The fourth-order valence-electron chi connectivity index (χ4n) is 4.64. The van der Waals surface area contributed by atoms with Crippen LogP contribution in [-0.2, 0) is 15.3 Å². The van der Waals surface area contributed by atoms with E-state index in [1.807, 2.05) is 36.4 Å². The Morgan fingerprint density at radius 3 is 2.62 bits per heavy atom. The Balaban J connectivity index is 1.46. The molecule has 1 unspecified atom stereocenters. The predicted molar refractivity (Wildman–Crippen MR) is 149 cm³/mol. The van der Waals surface area contributed by atoms with E-state index in [0.29, 0.717) is 32.7 Å². The molecule has 5 aromatic rings. The summed E-state index contributed by atoms with van der Waals surface area (Å²) < 4.78 is 2.30. The van der Waals surface area contributed by atoms with E-state index in [-0.39, 0.29) is 22.2 Å². The monoisotopic (exact) mass is 555 g/mol. The molecule has 0 aliphatic carbocycles. The van der Waals surface area contributed by atoms with Crippen LogP contribution < -0.4 is 4.90 Å². The van der Waals surface area contributed by atoms with Gasteiger partial charge in [-0.25, -0.2) is 4.98 Å². The van der Waals surface area contributed by atoms with Gasteiger partial charge in [0.2, 0.25) is 5.13 Å². The molecule has 0 bridgehead atoms. The van der Waals surface area contributed by atoms with Gasteiger partial charge in [-0.1, -0.05) is 71.6 Å². The third-order valence-electron chi connectivity index (χ3n) is 6.37. The van der Waals surface area contributed by atoms with Crippen LogP contribution in [0.5, 0.6) is 5.75 Å². The maximum atomic E-state index is 13.5. The zero-order chi connectivity index (χ0) is 27.1. The van der Waals surface area contributed by atoms with Gasteiger partial charge in [-0.15, -0.1) is 10.2 Å². The molecule has 2 N–H and O–H groups in total. The molecule has 1 fully saturated rings. The van der Waals surface area contributed by atoms with Crippen molar-refractivity contribution in [3.8, 4) is 5.75 Å². The van der Waals surface area contributed by atoms with Gasteiger partial charge in [-0.3, -0.25) is 18.9 Å². The van der Waals surface area contributed by atoms with E-state index in [9.17, 15) is 19.8 Å². The summed E-state index contributed by atoms with van der Waals surface area (Å²) in [6.07, 6.45) is 1.73. The maximum Gasteiger partial charge on any atom is 0.301 e. The molecule has 1 atom stereocenters. The number of aromatic hydroxyl groups is 1. The van der Waals surface area contributed by atoms with Crippen molar-refractivity contribution >= 4 is 51.3 Å². The van der Waals surface area contributed by atoms with Crippen molar-refractivity contribution in [1.29, 1.82) is 0 Å². The number of nitrogens with zero attached hydrogens (tertiary/aromatic N) is 5. The first kappa shape index (κ1) is 24.8. The molecule has 0 saturated carbocycles. The number of benzene rings is 2. The average molecular weight is 556 g/mol. The van der Waals surface area contributed by atoms with E-state index in [0.717, 1.165) is 5.56 Å². The number of Topliss-reactive ketones (excluding diaryl/α,β-unsaturated/α-hetero) is 1. The zero-order valence-corrected chi connectivity index (χ0v) is 22.2. The predicted octanol–water partition coefficient (Wildman–Crippen LogP) is 5.12. The molecule has 3 aromatic heterocycles. The standard InChI is InChI=1S/C28H21N5O4S2/c1-16-22(32-13-6-5-12-20(32)29-16)24(35)21-23(18-10-7-11-19(34)14-18)33(26(37)25(21)36)27-30-31-28(39-27)38-15-17-8-3-2-4-9-17/h2-14,23,34-35H,15H2,1H3. The van der Waals surface area contributed by atoms with Gasteiger partial charge in [-0.2, -0.15) is 0 Å². The number of rotatable bonds is 6. The van der Waals surface area contributed by atoms with Crippen molar-refractivity contribution in [3.63, 3.8) is 0 Å². The number of aromatic nitrogens is 4. The molecular weight excluding hydrogens is 534 g/mol. The molecule has 39 heavy (non-hydrogen) atoms. The molecule has 1 aliphatic rings. The number of carbonyl (C=O) groups is 2. The molecule has 4 heterocycles. The Bertz CT molecular complexity index is 1760. The largest absolute Gasteiger partial charge is 0.508 e. The van der Waals surface area contributed by atoms with E-state index in [1.165, 1.54) is 40.1 Å². The van der Waals surface area contributed by atoms with Crippen LogP contribution in [0.15, 0.2) is 88.9 Å². The normalized spacial score (nSPS) is 16.8. The highest BCUT2D eigenvalue weighted by atomic mass is 32.2. The number of anilines is 1. The Hall–Kier alpha value is -4.48. The third-order valence-corrected chi connectivity index (χ3v) is 8.49.